The summed E-state index contributed by atoms with van der Waals surface area (Å²) in [5.41, 5.74) is 1.78. The van der Waals surface area contributed by atoms with Crippen LogP contribution in [0.5, 0.6) is 0 Å². The van der Waals surface area contributed by atoms with Crippen molar-refractivity contribution in [3.8, 4) is 0 Å². The monoisotopic (exact) mass is 537 g/mol. The standard InChI is InChI=1S/C24H32BrN3O4S/c1-17-8-7-9-19(14-17)15-27(18(2)23(30)26-24(3,4)5)22(29)16-28(33(6,31)32)21-12-10-20(25)11-13-21/h7-14,18H,15-16H2,1-6H3,(H,26,30). The Hall–Kier alpha value is -2.39. The summed E-state index contributed by atoms with van der Waals surface area (Å²) in [4.78, 5) is 27.8. The molecule has 9 heteroatoms. The lowest BCUT2D eigenvalue weighted by Crippen LogP contribution is -2.54. The van der Waals surface area contributed by atoms with Crippen LogP contribution < -0.4 is 9.62 Å². The van der Waals surface area contributed by atoms with Crippen molar-refractivity contribution in [1.82, 2.24) is 10.2 Å². The number of anilines is 1. The number of carbonyl (C=O) groups excluding carboxylic acids is 2. The Morgan fingerprint density at radius 3 is 2.21 bits per heavy atom. The van der Waals surface area contributed by atoms with Crippen molar-refractivity contribution >= 4 is 43.5 Å². The van der Waals surface area contributed by atoms with E-state index in [1.165, 1.54) is 4.90 Å². The lowest BCUT2D eigenvalue weighted by Gasteiger charge is -2.33. The van der Waals surface area contributed by atoms with E-state index in [0.29, 0.717) is 5.69 Å². The molecule has 33 heavy (non-hydrogen) atoms. The molecule has 0 aliphatic heterocycles. The molecule has 0 heterocycles. The molecular weight excluding hydrogens is 506 g/mol. The van der Waals surface area contributed by atoms with Crippen LogP contribution in [0.1, 0.15) is 38.8 Å². The number of nitrogens with zero attached hydrogens (tertiary/aromatic N) is 2. The van der Waals surface area contributed by atoms with Gasteiger partial charge in [-0.25, -0.2) is 8.42 Å². The molecular formula is C24H32BrN3O4S. The zero-order valence-corrected chi connectivity index (χ0v) is 22.3. The van der Waals surface area contributed by atoms with Crippen LogP contribution in [-0.4, -0.2) is 49.5 Å². The van der Waals surface area contributed by atoms with Crippen LogP contribution in [0.3, 0.4) is 0 Å². The van der Waals surface area contributed by atoms with E-state index in [1.807, 2.05) is 52.0 Å². The van der Waals surface area contributed by atoms with Gasteiger partial charge in [-0.1, -0.05) is 45.8 Å². The summed E-state index contributed by atoms with van der Waals surface area (Å²) in [6.45, 7) is 8.95. The molecule has 0 saturated carbocycles. The number of benzene rings is 2. The first-order chi connectivity index (χ1) is 15.2. The van der Waals surface area contributed by atoms with Crippen molar-refractivity contribution in [2.24, 2.45) is 0 Å². The number of amides is 2. The molecule has 2 rings (SSSR count). The average Bonchev–Trinajstić information content (AvgIpc) is 2.68. The molecule has 1 N–H and O–H groups in total. The van der Waals surface area contributed by atoms with E-state index in [9.17, 15) is 18.0 Å². The lowest BCUT2D eigenvalue weighted by atomic mass is 10.1. The Morgan fingerprint density at radius 1 is 1.09 bits per heavy atom. The largest absolute Gasteiger partial charge is 0.350 e. The zero-order valence-electron chi connectivity index (χ0n) is 19.9. The van der Waals surface area contributed by atoms with E-state index in [2.05, 4.69) is 21.2 Å². The van der Waals surface area contributed by atoms with E-state index >= 15 is 0 Å². The Labute approximate surface area is 205 Å². The molecule has 0 aliphatic carbocycles. The summed E-state index contributed by atoms with van der Waals surface area (Å²) in [5, 5.41) is 2.90. The molecule has 1 unspecified atom stereocenters. The predicted molar refractivity (Wildman–Crippen MR) is 135 cm³/mol. The van der Waals surface area contributed by atoms with Crippen LogP contribution in [0, 0.1) is 6.92 Å². The summed E-state index contributed by atoms with van der Waals surface area (Å²) < 4.78 is 26.9. The first kappa shape index (κ1) is 26.9. The smallest absolute Gasteiger partial charge is 0.244 e. The molecule has 7 nitrogen and oxygen atoms in total. The van der Waals surface area contributed by atoms with Gasteiger partial charge in [0.1, 0.15) is 12.6 Å². The van der Waals surface area contributed by atoms with Gasteiger partial charge in [-0.3, -0.25) is 13.9 Å². The van der Waals surface area contributed by atoms with Crippen LogP contribution >= 0.6 is 15.9 Å². The fourth-order valence-electron chi connectivity index (χ4n) is 3.28. The summed E-state index contributed by atoms with van der Waals surface area (Å²) in [6.07, 6.45) is 1.06. The first-order valence-corrected chi connectivity index (χ1v) is 13.2. The van der Waals surface area contributed by atoms with Gasteiger partial charge in [0, 0.05) is 16.6 Å². The molecule has 180 valence electrons. The predicted octanol–water partition coefficient (Wildman–Crippen LogP) is 3.86. The molecule has 0 aliphatic rings. The third-order valence-corrected chi connectivity index (χ3v) is 6.56. The van der Waals surface area contributed by atoms with E-state index in [-0.39, 0.29) is 12.5 Å². The Balaban J connectivity index is 2.39. The fourth-order valence-corrected chi connectivity index (χ4v) is 4.40. The third kappa shape index (κ3) is 8.16. The maximum atomic E-state index is 13.5. The second-order valence-corrected chi connectivity index (χ2v) is 12.0. The Kier molecular flexibility index (Phi) is 8.70. The number of rotatable bonds is 8. The fraction of sp³-hybridized carbons (Fsp3) is 0.417. The van der Waals surface area contributed by atoms with Gasteiger partial charge in [0.05, 0.1) is 11.9 Å². The van der Waals surface area contributed by atoms with Crippen LogP contribution in [0.15, 0.2) is 53.0 Å². The van der Waals surface area contributed by atoms with Gasteiger partial charge in [-0.15, -0.1) is 0 Å². The maximum absolute atomic E-state index is 13.5. The highest BCUT2D eigenvalue weighted by atomic mass is 79.9. The van der Waals surface area contributed by atoms with E-state index in [1.54, 1.807) is 31.2 Å². The molecule has 0 radical (unpaired) electrons. The second kappa shape index (κ2) is 10.7. The number of nitrogens with one attached hydrogen (secondary N) is 1. The highest BCUT2D eigenvalue weighted by Crippen LogP contribution is 2.22. The Morgan fingerprint density at radius 2 is 1.70 bits per heavy atom. The lowest BCUT2D eigenvalue weighted by molar-refractivity contribution is -0.140. The highest BCUT2D eigenvalue weighted by Gasteiger charge is 2.31. The first-order valence-electron chi connectivity index (χ1n) is 10.6. The molecule has 2 aromatic rings. The quantitative estimate of drug-likeness (QED) is 0.553. The van der Waals surface area contributed by atoms with Crippen LogP contribution in [0.25, 0.3) is 0 Å². The average molecular weight is 539 g/mol. The van der Waals surface area contributed by atoms with Crippen molar-refractivity contribution in [1.29, 1.82) is 0 Å². The second-order valence-electron chi connectivity index (χ2n) is 9.17. The third-order valence-electron chi connectivity index (χ3n) is 4.89. The van der Waals surface area contributed by atoms with E-state index < -0.39 is 34.1 Å². The highest BCUT2D eigenvalue weighted by molar-refractivity contribution is 9.10. The van der Waals surface area contributed by atoms with Gasteiger partial charge in [-0.2, -0.15) is 0 Å². The van der Waals surface area contributed by atoms with Gasteiger partial charge in [0.25, 0.3) is 0 Å². The molecule has 0 spiro atoms. The minimum Gasteiger partial charge on any atom is -0.350 e. The number of aryl methyl sites for hydroxylation is 1. The molecule has 0 saturated heterocycles. The molecule has 0 aromatic heterocycles. The van der Waals surface area contributed by atoms with Crippen molar-refractivity contribution < 1.29 is 18.0 Å². The molecule has 0 bridgehead atoms. The SMILES string of the molecule is Cc1cccc(CN(C(=O)CN(c2ccc(Br)cc2)S(C)(=O)=O)C(C)C(=O)NC(C)(C)C)c1. The molecule has 2 aromatic carbocycles. The maximum Gasteiger partial charge on any atom is 0.244 e. The zero-order chi connectivity index (χ0) is 25.0. The van der Waals surface area contributed by atoms with Gasteiger partial charge < -0.3 is 10.2 Å². The van der Waals surface area contributed by atoms with Gasteiger partial charge >= 0.3 is 0 Å². The molecule has 2 amide bonds. The number of halogens is 1. The van der Waals surface area contributed by atoms with Gasteiger partial charge in [0.2, 0.25) is 21.8 Å². The summed E-state index contributed by atoms with van der Waals surface area (Å²) in [6, 6.07) is 13.5. The summed E-state index contributed by atoms with van der Waals surface area (Å²) in [5.74, 6) is -0.778. The van der Waals surface area contributed by atoms with Crippen molar-refractivity contribution in [3.63, 3.8) is 0 Å². The number of hydrogen-bond donors (Lipinski definition) is 1. The number of sulfonamides is 1. The topological polar surface area (TPSA) is 86.8 Å². The van der Waals surface area contributed by atoms with Crippen molar-refractivity contribution in [3.05, 3.63) is 64.1 Å². The van der Waals surface area contributed by atoms with Crippen molar-refractivity contribution in [2.75, 3.05) is 17.1 Å². The number of carbonyl (C=O) groups is 2. The van der Waals surface area contributed by atoms with Crippen molar-refractivity contribution in [2.45, 2.75) is 52.7 Å². The normalized spacial score (nSPS) is 12.7. The summed E-state index contributed by atoms with van der Waals surface area (Å²) >= 11 is 3.33. The molecule has 0 fully saturated rings. The number of hydrogen-bond acceptors (Lipinski definition) is 4. The van der Waals surface area contributed by atoms with E-state index in [0.717, 1.165) is 26.2 Å². The Bertz CT molecular complexity index is 1100. The van der Waals surface area contributed by atoms with Crippen LogP contribution in [-0.2, 0) is 26.2 Å². The minimum atomic E-state index is -3.74. The van der Waals surface area contributed by atoms with Gasteiger partial charge in [-0.05, 0) is 64.4 Å². The molecule has 1 atom stereocenters. The van der Waals surface area contributed by atoms with E-state index in [4.69, 9.17) is 0 Å². The summed E-state index contributed by atoms with van der Waals surface area (Å²) in [7, 11) is -3.74. The minimum absolute atomic E-state index is 0.178. The van der Waals surface area contributed by atoms with Crippen LogP contribution in [0.2, 0.25) is 0 Å². The van der Waals surface area contributed by atoms with Crippen LogP contribution in [0.4, 0.5) is 5.69 Å². The van der Waals surface area contributed by atoms with Gasteiger partial charge in [0.15, 0.2) is 0 Å².